The summed E-state index contributed by atoms with van der Waals surface area (Å²) in [5, 5.41) is 7.76. The van der Waals surface area contributed by atoms with Gasteiger partial charge in [-0.15, -0.1) is 11.8 Å². The highest BCUT2D eigenvalue weighted by Crippen LogP contribution is 2.35. The molecule has 0 aliphatic rings. The highest BCUT2D eigenvalue weighted by atomic mass is 32.2. The Morgan fingerprint density at radius 2 is 2.00 bits per heavy atom. The van der Waals surface area contributed by atoms with E-state index in [1.165, 1.54) is 16.7 Å². The molecule has 3 rings (SSSR count). The lowest BCUT2D eigenvalue weighted by molar-refractivity contribution is 0.317. The van der Waals surface area contributed by atoms with Crippen LogP contribution in [0.3, 0.4) is 0 Å². The van der Waals surface area contributed by atoms with Crippen LogP contribution in [-0.2, 0) is 5.75 Å². The van der Waals surface area contributed by atoms with E-state index in [9.17, 15) is 0 Å². The van der Waals surface area contributed by atoms with E-state index in [4.69, 9.17) is 21.6 Å². The molecular formula is C22H24N4OS. The van der Waals surface area contributed by atoms with Crippen molar-refractivity contribution in [2.45, 2.75) is 17.6 Å². The van der Waals surface area contributed by atoms with E-state index in [1.54, 1.807) is 18.0 Å². The Bertz CT molecular complexity index is 975. The van der Waals surface area contributed by atoms with Crippen LogP contribution in [0, 0.1) is 12.3 Å². The number of aromatic nitrogens is 1. The third-order valence-corrected chi connectivity index (χ3v) is 5.59. The fraction of sp³-hybridized carbons (Fsp3) is 0.182. The minimum Gasteiger partial charge on any atom is -0.476 e. The van der Waals surface area contributed by atoms with E-state index in [-0.39, 0.29) is 0 Å². The summed E-state index contributed by atoms with van der Waals surface area (Å²) in [6.45, 7) is 2.91. The van der Waals surface area contributed by atoms with Gasteiger partial charge in [-0.3, -0.25) is 0 Å². The molecule has 6 heteroatoms. The van der Waals surface area contributed by atoms with Gasteiger partial charge in [0.05, 0.1) is 0 Å². The largest absolute Gasteiger partial charge is 0.476 e. The summed E-state index contributed by atoms with van der Waals surface area (Å²) in [5.41, 5.74) is 17.2. The van der Waals surface area contributed by atoms with E-state index in [2.05, 4.69) is 30.1 Å². The van der Waals surface area contributed by atoms with Gasteiger partial charge in [-0.1, -0.05) is 18.2 Å². The Hall–Kier alpha value is -2.83. The van der Waals surface area contributed by atoms with Gasteiger partial charge in [0.2, 0.25) is 5.88 Å². The fourth-order valence-electron chi connectivity index (χ4n) is 2.89. The molecule has 0 saturated heterocycles. The van der Waals surface area contributed by atoms with Gasteiger partial charge in [-0.25, -0.2) is 4.98 Å². The van der Waals surface area contributed by atoms with E-state index < -0.39 is 0 Å². The van der Waals surface area contributed by atoms with Crippen molar-refractivity contribution in [3.63, 3.8) is 0 Å². The number of aryl methyl sites for hydroxylation is 1. The maximum Gasteiger partial charge on any atom is 0.221 e. The van der Waals surface area contributed by atoms with Crippen LogP contribution in [0.1, 0.15) is 16.7 Å². The Labute approximate surface area is 169 Å². The topological polar surface area (TPSA) is 98.0 Å². The van der Waals surface area contributed by atoms with Crippen molar-refractivity contribution in [2.24, 2.45) is 5.73 Å². The summed E-state index contributed by atoms with van der Waals surface area (Å²) in [5.74, 6) is 1.25. The summed E-state index contributed by atoms with van der Waals surface area (Å²) in [6, 6.07) is 16.1. The third-order valence-electron chi connectivity index (χ3n) is 4.37. The standard InChI is InChI=1S/C22H24N4OS/c1-15-5-2-3-7-20(15)28-14-18-12-16(11-17(13-24)21(18)25)19-6-4-9-26-22(19)27-10-8-23/h2-7,9,11-13,24H,8,10,14,23,25H2,1H3. The molecule has 144 valence electrons. The van der Waals surface area contributed by atoms with Crippen LogP contribution in [0.2, 0.25) is 0 Å². The summed E-state index contributed by atoms with van der Waals surface area (Å²) in [7, 11) is 0. The average molecular weight is 393 g/mol. The van der Waals surface area contributed by atoms with Crippen molar-refractivity contribution in [1.29, 1.82) is 5.41 Å². The highest BCUT2D eigenvalue weighted by molar-refractivity contribution is 7.98. The Balaban J connectivity index is 1.97. The van der Waals surface area contributed by atoms with Crippen molar-refractivity contribution in [3.05, 3.63) is 71.4 Å². The van der Waals surface area contributed by atoms with E-state index in [0.29, 0.717) is 36.0 Å². The van der Waals surface area contributed by atoms with Gasteiger partial charge in [0, 0.05) is 46.4 Å². The molecule has 0 bridgehead atoms. The van der Waals surface area contributed by atoms with Gasteiger partial charge >= 0.3 is 0 Å². The predicted octanol–water partition coefficient (Wildman–Crippen LogP) is 4.27. The first-order chi connectivity index (χ1) is 13.6. The van der Waals surface area contributed by atoms with Crippen LogP contribution in [0.5, 0.6) is 5.88 Å². The Morgan fingerprint density at radius 1 is 1.18 bits per heavy atom. The number of hydrogen-bond donors (Lipinski definition) is 3. The smallest absolute Gasteiger partial charge is 0.221 e. The number of nitrogens with zero attached hydrogens (tertiary/aromatic N) is 1. The molecular weight excluding hydrogens is 368 g/mol. The van der Waals surface area contributed by atoms with Crippen LogP contribution in [-0.4, -0.2) is 24.4 Å². The number of benzene rings is 2. The molecule has 28 heavy (non-hydrogen) atoms. The van der Waals surface area contributed by atoms with Crippen LogP contribution in [0.15, 0.2) is 59.6 Å². The molecule has 0 aliphatic carbocycles. The Kier molecular flexibility index (Phi) is 6.68. The lowest BCUT2D eigenvalue weighted by Gasteiger charge is -2.15. The van der Waals surface area contributed by atoms with Gasteiger partial charge in [0.15, 0.2) is 0 Å². The summed E-state index contributed by atoms with van der Waals surface area (Å²) < 4.78 is 5.70. The zero-order valence-electron chi connectivity index (χ0n) is 15.8. The molecule has 3 aromatic rings. The lowest BCUT2D eigenvalue weighted by atomic mass is 9.99. The monoisotopic (exact) mass is 392 g/mol. The van der Waals surface area contributed by atoms with Gasteiger partial charge < -0.3 is 21.6 Å². The van der Waals surface area contributed by atoms with Crippen LogP contribution >= 0.6 is 11.8 Å². The summed E-state index contributed by atoms with van der Waals surface area (Å²) in [4.78, 5) is 5.55. The summed E-state index contributed by atoms with van der Waals surface area (Å²) in [6.07, 6.45) is 2.98. The number of pyridine rings is 1. The van der Waals surface area contributed by atoms with Crippen molar-refractivity contribution in [1.82, 2.24) is 4.98 Å². The van der Waals surface area contributed by atoms with E-state index in [1.807, 2.05) is 30.3 Å². The number of rotatable bonds is 8. The maximum absolute atomic E-state index is 7.76. The lowest BCUT2D eigenvalue weighted by Crippen LogP contribution is -2.11. The van der Waals surface area contributed by atoms with Crippen LogP contribution in [0.4, 0.5) is 5.69 Å². The molecule has 0 atom stereocenters. The molecule has 0 radical (unpaired) electrons. The predicted molar refractivity (Wildman–Crippen MR) is 117 cm³/mol. The van der Waals surface area contributed by atoms with Crippen LogP contribution in [0.25, 0.3) is 11.1 Å². The number of hydrogen-bond acceptors (Lipinski definition) is 6. The molecule has 5 N–H and O–H groups in total. The first kappa shape index (κ1) is 19.9. The zero-order chi connectivity index (χ0) is 19.9. The van der Waals surface area contributed by atoms with Gasteiger partial charge in [-0.05, 0) is 53.9 Å². The minimum atomic E-state index is 0.395. The fourth-order valence-corrected chi connectivity index (χ4v) is 3.91. The third kappa shape index (κ3) is 4.52. The number of nitrogen functional groups attached to an aromatic ring is 1. The molecule has 0 amide bonds. The number of thioether (sulfide) groups is 1. The molecule has 0 aliphatic heterocycles. The van der Waals surface area contributed by atoms with Crippen LogP contribution < -0.4 is 16.2 Å². The number of nitrogens with two attached hydrogens (primary N) is 2. The van der Waals surface area contributed by atoms with Crippen molar-refractivity contribution in [2.75, 3.05) is 18.9 Å². The van der Waals surface area contributed by atoms with Gasteiger partial charge in [0.1, 0.15) is 6.61 Å². The molecule has 0 fully saturated rings. The SMILES string of the molecule is Cc1ccccc1SCc1cc(-c2cccnc2OCCN)cc(C=N)c1N. The minimum absolute atomic E-state index is 0.395. The first-order valence-electron chi connectivity index (χ1n) is 9.03. The average Bonchev–Trinajstić information content (AvgIpc) is 2.73. The normalized spacial score (nSPS) is 10.6. The second kappa shape index (κ2) is 9.39. The maximum atomic E-state index is 7.76. The molecule has 1 heterocycles. The zero-order valence-corrected chi connectivity index (χ0v) is 16.6. The molecule has 0 saturated carbocycles. The summed E-state index contributed by atoms with van der Waals surface area (Å²) >= 11 is 1.74. The number of anilines is 1. The quantitative estimate of drug-likeness (QED) is 0.302. The van der Waals surface area contributed by atoms with Gasteiger partial charge in [-0.2, -0.15) is 0 Å². The van der Waals surface area contributed by atoms with E-state index >= 15 is 0 Å². The molecule has 0 unspecified atom stereocenters. The second-order valence-corrected chi connectivity index (χ2v) is 7.35. The highest BCUT2D eigenvalue weighted by Gasteiger charge is 2.13. The molecule has 1 aromatic heterocycles. The number of nitrogens with one attached hydrogen (secondary N) is 1. The molecule has 2 aromatic carbocycles. The number of ether oxygens (including phenoxy) is 1. The second-order valence-electron chi connectivity index (χ2n) is 6.33. The van der Waals surface area contributed by atoms with E-state index in [0.717, 1.165) is 16.7 Å². The van der Waals surface area contributed by atoms with Crippen molar-refractivity contribution < 1.29 is 4.74 Å². The van der Waals surface area contributed by atoms with Gasteiger partial charge in [0.25, 0.3) is 0 Å². The van der Waals surface area contributed by atoms with Crippen molar-refractivity contribution >= 4 is 23.7 Å². The molecule has 5 nitrogen and oxygen atoms in total. The van der Waals surface area contributed by atoms with Crippen molar-refractivity contribution in [3.8, 4) is 17.0 Å². The Morgan fingerprint density at radius 3 is 2.75 bits per heavy atom. The molecule has 0 spiro atoms. The first-order valence-corrected chi connectivity index (χ1v) is 10.0.